The van der Waals surface area contributed by atoms with E-state index in [4.69, 9.17) is 15.0 Å². The van der Waals surface area contributed by atoms with Crippen molar-refractivity contribution in [1.29, 1.82) is 0 Å². The molecule has 0 fully saturated rings. The van der Waals surface area contributed by atoms with Gasteiger partial charge in [0.15, 0.2) is 17.5 Å². The van der Waals surface area contributed by atoms with E-state index in [0.29, 0.717) is 17.5 Å². The van der Waals surface area contributed by atoms with Gasteiger partial charge in [-0.15, -0.1) is 0 Å². The van der Waals surface area contributed by atoms with Crippen LogP contribution in [0.25, 0.3) is 78.0 Å². The first-order valence-electron chi connectivity index (χ1n) is 14.8. The van der Waals surface area contributed by atoms with Gasteiger partial charge in [0.05, 0.1) is 0 Å². The highest BCUT2D eigenvalue weighted by molar-refractivity contribution is 6.06. The Balaban J connectivity index is 1.28. The number of nitrogens with zero attached hydrogens (tertiary/aromatic N) is 3. The molecule has 0 aliphatic rings. The average Bonchev–Trinajstić information content (AvgIpc) is 3.11. The Morgan fingerprint density at radius 1 is 0.273 bits per heavy atom. The van der Waals surface area contributed by atoms with Crippen LogP contribution in [0.3, 0.4) is 0 Å². The van der Waals surface area contributed by atoms with E-state index < -0.39 is 0 Å². The maximum Gasteiger partial charge on any atom is 0.164 e. The molecule has 44 heavy (non-hydrogen) atoms. The molecule has 3 nitrogen and oxygen atoms in total. The third kappa shape index (κ3) is 4.81. The largest absolute Gasteiger partial charge is 0.208 e. The maximum absolute atomic E-state index is 5.04. The van der Waals surface area contributed by atoms with Crippen LogP contribution in [0, 0.1) is 0 Å². The lowest BCUT2D eigenvalue weighted by molar-refractivity contribution is 1.07. The van der Waals surface area contributed by atoms with Crippen molar-refractivity contribution in [3.05, 3.63) is 164 Å². The molecule has 0 N–H and O–H groups in total. The zero-order valence-electron chi connectivity index (χ0n) is 23.9. The maximum atomic E-state index is 5.04. The predicted octanol–water partition coefficient (Wildman–Crippen LogP) is 10.5. The third-order valence-electron chi connectivity index (χ3n) is 8.14. The molecule has 1 aromatic heterocycles. The Kier molecular flexibility index (Phi) is 6.47. The first kappa shape index (κ1) is 25.8. The average molecular weight is 562 g/mol. The van der Waals surface area contributed by atoms with Gasteiger partial charge in [-0.25, -0.2) is 15.0 Å². The molecule has 0 spiro atoms. The van der Waals surface area contributed by atoms with E-state index in [-0.39, 0.29) is 0 Å². The summed E-state index contributed by atoms with van der Waals surface area (Å²) in [7, 11) is 0. The first-order valence-corrected chi connectivity index (χ1v) is 14.8. The van der Waals surface area contributed by atoms with Crippen molar-refractivity contribution < 1.29 is 0 Å². The summed E-state index contributed by atoms with van der Waals surface area (Å²) in [6.07, 6.45) is 0. The lowest BCUT2D eigenvalue weighted by Gasteiger charge is -2.12. The summed E-state index contributed by atoms with van der Waals surface area (Å²) >= 11 is 0. The van der Waals surface area contributed by atoms with E-state index in [1.807, 2.05) is 36.4 Å². The number of hydrogen-bond acceptors (Lipinski definition) is 3. The van der Waals surface area contributed by atoms with Crippen LogP contribution in [0.5, 0.6) is 0 Å². The van der Waals surface area contributed by atoms with Gasteiger partial charge in [-0.05, 0) is 49.9 Å². The third-order valence-corrected chi connectivity index (χ3v) is 8.14. The molecule has 0 aliphatic heterocycles. The second kappa shape index (κ2) is 11.0. The van der Waals surface area contributed by atoms with E-state index in [1.165, 1.54) is 32.8 Å². The fourth-order valence-electron chi connectivity index (χ4n) is 5.90. The molecule has 0 unspecified atom stereocenters. The van der Waals surface area contributed by atoms with Gasteiger partial charge < -0.3 is 0 Å². The predicted molar refractivity (Wildman–Crippen MR) is 182 cm³/mol. The first-order chi connectivity index (χ1) is 21.8. The highest BCUT2D eigenvalue weighted by Crippen LogP contribution is 2.36. The van der Waals surface area contributed by atoms with Crippen LogP contribution in [-0.4, -0.2) is 15.0 Å². The van der Waals surface area contributed by atoms with E-state index >= 15 is 0 Å². The van der Waals surface area contributed by atoms with Crippen molar-refractivity contribution in [3.63, 3.8) is 0 Å². The van der Waals surface area contributed by atoms with E-state index in [2.05, 4.69) is 127 Å². The SMILES string of the molecule is c1ccc(-c2ccc(-c3nc(-c4ccccc4)nc(-c4ccc5cccc(-c6cccc7ccccc67)c5c4)n3)cc2)cc1. The minimum Gasteiger partial charge on any atom is -0.208 e. The summed E-state index contributed by atoms with van der Waals surface area (Å²) in [5, 5.41) is 4.80. The molecule has 0 saturated carbocycles. The lowest BCUT2D eigenvalue weighted by atomic mass is 9.93. The topological polar surface area (TPSA) is 38.7 Å². The molecule has 0 saturated heterocycles. The van der Waals surface area contributed by atoms with E-state index in [0.717, 1.165) is 27.6 Å². The lowest BCUT2D eigenvalue weighted by Crippen LogP contribution is -2.00. The highest BCUT2D eigenvalue weighted by atomic mass is 15.0. The van der Waals surface area contributed by atoms with E-state index in [9.17, 15) is 0 Å². The van der Waals surface area contributed by atoms with Crippen LogP contribution < -0.4 is 0 Å². The molecule has 3 heteroatoms. The summed E-state index contributed by atoms with van der Waals surface area (Å²) in [6, 6.07) is 57.0. The number of aromatic nitrogens is 3. The standard InChI is InChI=1S/C41H27N3/c1-3-11-28(12-4-1)29-21-24-33(25-22-29)40-42-39(32-14-5-2-6-15-32)43-41(44-40)34-26-23-31-17-10-20-37(38(31)27-34)36-19-9-16-30-13-7-8-18-35(30)36/h1-27H. The Bertz CT molecular complexity index is 2250. The smallest absolute Gasteiger partial charge is 0.164 e. The molecule has 0 atom stereocenters. The monoisotopic (exact) mass is 561 g/mol. The van der Waals surface area contributed by atoms with Gasteiger partial charge in [0, 0.05) is 16.7 Å². The van der Waals surface area contributed by atoms with Crippen LogP contribution in [0.15, 0.2) is 164 Å². The second-order valence-corrected chi connectivity index (χ2v) is 10.9. The van der Waals surface area contributed by atoms with Crippen LogP contribution in [-0.2, 0) is 0 Å². The van der Waals surface area contributed by atoms with Crippen molar-refractivity contribution in [2.45, 2.75) is 0 Å². The van der Waals surface area contributed by atoms with Crippen molar-refractivity contribution in [1.82, 2.24) is 15.0 Å². The van der Waals surface area contributed by atoms with Gasteiger partial charge >= 0.3 is 0 Å². The van der Waals surface area contributed by atoms with Gasteiger partial charge in [-0.3, -0.25) is 0 Å². The minimum absolute atomic E-state index is 0.649. The summed E-state index contributed by atoms with van der Waals surface area (Å²) < 4.78 is 0. The van der Waals surface area contributed by atoms with Gasteiger partial charge in [0.25, 0.3) is 0 Å². The van der Waals surface area contributed by atoms with Gasteiger partial charge in [0.2, 0.25) is 0 Å². The van der Waals surface area contributed by atoms with Gasteiger partial charge in [-0.1, -0.05) is 158 Å². The fourth-order valence-corrected chi connectivity index (χ4v) is 5.90. The van der Waals surface area contributed by atoms with Crippen LogP contribution in [0.4, 0.5) is 0 Å². The number of benzene rings is 7. The summed E-state index contributed by atoms with van der Waals surface area (Å²) in [6.45, 7) is 0. The zero-order chi connectivity index (χ0) is 29.3. The number of rotatable bonds is 5. The Morgan fingerprint density at radius 2 is 0.705 bits per heavy atom. The summed E-state index contributed by atoms with van der Waals surface area (Å²) in [4.78, 5) is 15.0. The van der Waals surface area contributed by atoms with Crippen LogP contribution in [0.1, 0.15) is 0 Å². The van der Waals surface area contributed by atoms with Crippen LogP contribution >= 0.6 is 0 Å². The normalized spacial score (nSPS) is 11.2. The Morgan fingerprint density at radius 3 is 1.39 bits per heavy atom. The van der Waals surface area contributed by atoms with Gasteiger partial charge in [0.1, 0.15) is 0 Å². The molecule has 7 aromatic carbocycles. The molecule has 0 amide bonds. The molecule has 0 bridgehead atoms. The molecule has 1 heterocycles. The van der Waals surface area contributed by atoms with Crippen molar-refractivity contribution in [3.8, 4) is 56.4 Å². The molecule has 8 rings (SSSR count). The number of hydrogen-bond donors (Lipinski definition) is 0. The summed E-state index contributed by atoms with van der Waals surface area (Å²) in [5.74, 6) is 1.95. The van der Waals surface area contributed by atoms with E-state index in [1.54, 1.807) is 0 Å². The molecule has 0 aliphatic carbocycles. The molecule has 206 valence electrons. The van der Waals surface area contributed by atoms with Crippen LogP contribution in [0.2, 0.25) is 0 Å². The van der Waals surface area contributed by atoms with Crippen molar-refractivity contribution in [2.24, 2.45) is 0 Å². The molecule has 8 aromatic rings. The molecular weight excluding hydrogens is 534 g/mol. The minimum atomic E-state index is 0.649. The van der Waals surface area contributed by atoms with Crippen molar-refractivity contribution >= 4 is 21.5 Å². The Labute approximate surface area is 256 Å². The zero-order valence-corrected chi connectivity index (χ0v) is 23.9. The van der Waals surface area contributed by atoms with Crippen molar-refractivity contribution in [2.75, 3.05) is 0 Å². The highest BCUT2D eigenvalue weighted by Gasteiger charge is 2.14. The Hall–Kier alpha value is -5.93. The quantitative estimate of drug-likeness (QED) is 0.210. The molecule has 0 radical (unpaired) electrons. The second-order valence-electron chi connectivity index (χ2n) is 10.9. The van der Waals surface area contributed by atoms with Gasteiger partial charge in [-0.2, -0.15) is 0 Å². The molecular formula is C41H27N3. The fraction of sp³-hybridized carbons (Fsp3) is 0. The number of fused-ring (bicyclic) bond motifs is 2. The summed E-state index contributed by atoms with van der Waals surface area (Å²) in [5.41, 5.74) is 7.59.